The van der Waals surface area contributed by atoms with E-state index in [4.69, 9.17) is 9.47 Å². The molecule has 4 aliphatic carbocycles. The normalized spacial score (nSPS) is 33.7. The molecule has 0 heterocycles. The number of hydrogen-bond donors (Lipinski definition) is 0. The van der Waals surface area contributed by atoms with Crippen molar-refractivity contribution in [3.05, 3.63) is 59.7 Å². The molecule has 0 saturated heterocycles. The van der Waals surface area contributed by atoms with Crippen molar-refractivity contribution in [1.29, 1.82) is 0 Å². The van der Waals surface area contributed by atoms with Crippen LogP contribution in [0.5, 0.6) is 11.5 Å². The largest absolute Gasteiger partial charge is 0.490 e. The van der Waals surface area contributed by atoms with Crippen LogP contribution in [0.25, 0.3) is 0 Å². The lowest BCUT2D eigenvalue weighted by Gasteiger charge is -2.28. The Hall–Kier alpha value is -1.96. The summed E-state index contributed by atoms with van der Waals surface area (Å²) in [6.07, 6.45) is 11.7. The van der Waals surface area contributed by atoms with Gasteiger partial charge in [-0.1, -0.05) is 38.1 Å². The molecule has 164 valence electrons. The maximum Gasteiger partial charge on any atom is 0.119 e. The molecule has 4 fully saturated rings. The van der Waals surface area contributed by atoms with Gasteiger partial charge in [-0.05, 0) is 110 Å². The number of benzene rings is 2. The third-order valence-corrected chi connectivity index (χ3v) is 9.07. The molecule has 31 heavy (non-hydrogen) atoms. The quantitative estimate of drug-likeness (QED) is 0.498. The highest BCUT2D eigenvalue weighted by molar-refractivity contribution is 5.42. The maximum absolute atomic E-state index is 6.37. The van der Waals surface area contributed by atoms with Crippen molar-refractivity contribution in [2.45, 2.75) is 82.8 Å². The zero-order valence-corrected chi connectivity index (χ0v) is 19.1. The lowest BCUT2D eigenvalue weighted by atomic mass is 9.78. The smallest absolute Gasteiger partial charge is 0.119 e. The molecule has 2 heteroatoms. The highest BCUT2D eigenvalue weighted by atomic mass is 16.5. The summed E-state index contributed by atoms with van der Waals surface area (Å²) in [5, 5.41) is 0. The molecule has 4 bridgehead atoms. The molecule has 0 spiro atoms. The van der Waals surface area contributed by atoms with Gasteiger partial charge in [0, 0.05) is 5.41 Å². The van der Waals surface area contributed by atoms with Gasteiger partial charge in [0.15, 0.2) is 0 Å². The maximum atomic E-state index is 6.37. The number of fused-ring (bicyclic) bond motifs is 4. The SMILES string of the molecule is CC(C)(c1ccc(OC2CC3CCC2C3)cc1)c1ccc(OC2CC3CCC2C3)cc1. The van der Waals surface area contributed by atoms with Crippen LogP contribution in [0.15, 0.2) is 48.5 Å². The van der Waals surface area contributed by atoms with Crippen LogP contribution in [0, 0.1) is 23.7 Å². The van der Waals surface area contributed by atoms with E-state index in [9.17, 15) is 0 Å². The van der Waals surface area contributed by atoms with E-state index in [1.807, 2.05) is 0 Å². The van der Waals surface area contributed by atoms with Crippen LogP contribution in [0.4, 0.5) is 0 Å². The topological polar surface area (TPSA) is 18.5 Å². The van der Waals surface area contributed by atoms with E-state index in [1.165, 1.54) is 62.5 Å². The van der Waals surface area contributed by atoms with E-state index < -0.39 is 0 Å². The van der Waals surface area contributed by atoms with Crippen molar-refractivity contribution >= 4 is 0 Å². The van der Waals surface area contributed by atoms with Crippen LogP contribution in [-0.4, -0.2) is 12.2 Å². The minimum absolute atomic E-state index is 0.0457. The second kappa shape index (κ2) is 7.57. The molecule has 4 saturated carbocycles. The molecule has 0 radical (unpaired) electrons. The first-order chi connectivity index (χ1) is 15.0. The van der Waals surface area contributed by atoms with Gasteiger partial charge in [-0.3, -0.25) is 0 Å². The fraction of sp³-hybridized carbons (Fsp3) is 0.586. The summed E-state index contributed by atoms with van der Waals surface area (Å²) in [7, 11) is 0. The standard InChI is InChI=1S/C29H36O2/c1-29(2,23-7-11-25(12-8-23)30-27-17-19-3-5-21(27)15-19)24-9-13-26(14-10-24)31-28-18-20-4-6-22(28)16-20/h7-14,19-22,27-28H,3-6,15-18H2,1-2H3. The van der Waals surface area contributed by atoms with Crippen LogP contribution in [0.3, 0.4) is 0 Å². The molecule has 6 atom stereocenters. The lowest BCUT2D eigenvalue weighted by Crippen LogP contribution is -2.24. The Morgan fingerprint density at radius 1 is 0.581 bits per heavy atom. The van der Waals surface area contributed by atoms with E-state index in [0.717, 1.165) is 35.2 Å². The fourth-order valence-corrected chi connectivity index (χ4v) is 7.08. The molecule has 0 aromatic heterocycles. The van der Waals surface area contributed by atoms with Crippen LogP contribution in [0.2, 0.25) is 0 Å². The zero-order chi connectivity index (χ0) is 21.0. The number of ether oxygens (including phenoxy) is 2. The average molecular weight is 417 g/mol. The second-order valence-corrected chi connectivity index (χ2v) is 11.3. The summed E-state index contributed by atoms with van der Waals surface area (Å²) in [5.74, 6) is 5.49. The molecule has 4 aliphatic rings. The van der Waals surface area contributed by atoms with Gasteiger partial charge in [0.1, 0.15) is 23.7 Å². The van der Waals surface area contributed by atoms with Crippen LogP contribution >= 0.6 is 0 Å². The Bertz CT molecular complexity index is 837. The lowest BCUT2D eigenvalue weighted by molar-refractivity contribution is 0.138. The summed E-state index contributed by atoms with van der Waals surface area (Å²) in [5.41, 5.74) is 2.61. The molecule has 0 aliphatic heterocycles. The molecule has 2 aromatic carbocycles. The van der Waals surface area contributed by atoms with Gasteiger partial charge in [-0.25, -0.2) is 0 Å². The Morgan fingerprint density at radius 3 is 1.32 bits per heavy atom. The minimum Gasteiger partial charge on any atom is -0.490 e. The molecule has 0 N–H and O–H groups in total. The molecule has 2 aromatic rings. The predicted molar refractivity (Wildman–Crippen MR) is 125 cm³/mol. The Kier molecular flexibility index (Phi) is 4.81. The monoisotopic (exact) mass is 416 g/mol. The predicted octanol–water partition coefficient (Wildman–Crippen LogP) is 7.15. The number of rotatable bonds is 6. The summed E-state index contributed by atoms with van der Waals surface area (Å²) < 4.78 is 12.7. The van der Waals surface area contributed by atoms with Gasteiger partial charge in [0.25, 0.3) is 0 Å². The first kappa shape index (κ1) is 19.7. The third kappa shape index (κ3) is 3.66. The van der Waals surface area contributed by atoms with Gasteiger partial charge in [-0.15, -0.1) is 0 Å². The van der Waals surface area contributed by atoms with Crippen molar-refractivity contribution in [1.82, 2.24) is 0 Å². The van der Waals surface area contributed by atoms with Gasteiger partial charge in [0.2, 0.25) is 0 Å². The third-order valence-electron chi connectivity index (χ3n) is 9.07. The molecule has 2 nitrogen and oxygen atoms in total. The Labute approximate surface area is 187 Å². The average Bonchev–Trinajstić information content (AvgIpc) is 3.57. The Balaban J connectivity index is 1.11. The van der Waals surface area contributed by atoms with Gasteiger partial charge in [-0.2, -0.15) is 0 Å². The number of hydrogen-bond acceptors (Lipinski definition) is 2. The van der Waals surface area contributed by atoms with Crippen molar-refractivity contribution in [2.75, 3.05) is 0 Å². The summed E-state index contributed by atoms with van der Waals surface area (Å²) in [6.45, 7) is 4.62. The molecule has 6 rings (SSSR count). The van der Waals surface area contributed by atoms with Crippen molar-refractivity contribution in [3.63, 3.8) is 0 Å². The van der Waals surface area contributed by atoms with E-state index in [-0.39, 0.29) is 5.41 Å². The molecule has 6 unspecified atom stereocenters. The van der Waals surface area contributed by atoms with Gasteiger partial charge in [0.05, 0.1) is 0 Å². The highest BCUT2D eigenvalue weighted by Crippen LogP contribution is 2.47. The summed E-state index contributed by atoms with van der Waals surface area (Å²) >= 11 is 0. The van der Waals surface area contributed by atoms with Gasteiger partial charge >= 0.3 is 0 Å². The molecule has 0 amide bonds. The van der Waals surface area contributed by atoms with E-state index >= 15 is 0 Å². The Morgan fingerprint density at radius 2 is 1.00 bits per heavy atom. The van der Waals surface area contributed by atoms with Crippen LogP contribution in [-0.2, 0) is 5.41 Å². The second-order valence-electron chi connectivity index (χ2n) is 11.3. The molecular formula is C29H36O2. The van der Waals surface area contributed by atoms with Crippen molar-refractivity contribution in [3.8, 4) is 11.5 Å². The van der Waals surface area contributed by atoms with E-state index in [1.54, 1.807) is 0 Å². The summed E-state index contributed by atoms with van der Waals surface area (Å²) in [6, 6.07) is 17.7. The highest BCUT2D eigenvalue weighted by Gasteiger charge is 2.41. The van der Waals surface area contributed by atoms with Crippen LogP contribution in [0.1, 0.15) is 76.3 Å². The van der Waals surface area contributed by atoms with E-state index in [0.29, 0.717) is 12.2 Å². The summed E-state index contributed by atoms with van der Waals surface area (Å²) in [4.78, 5) is 0. The van der Waals surface area contributed by atoms with Crippen molar-refractivity contribution in [2.24, 2.45) is 23.7 Å². The van der Waals surface area contributed by atoms with Gasteiger partial charge < -0.3 is 9.47 Å². The zero-order valence-electron chi connectivity index (χ0n) is 19.1. The molecular weight excluding hydrogens is 380 g/mol. The first-order valence-electron chi connectivity index (χ1n) is 12.6. The van der Waals surface area contributed by atoms with Crippen LogP contribution < -0.4 is 9.47 Å². The fourth-order valence-electron chi connectivity index (χ4n) is 7.08. The van der Waals surface area contributed by atoms with E-state index in [2.05, 4.69) is 62.4 Å². The first-order valence-corrected chi connectivity index (χ1v) is 12.6. The minimum atomic E-state index is -0.0457. The van der Waals surface area contributed by atoms with Crippen molar-refractivity contribution < 1.29 is 9.47 Å².